The zero-order chi connectivity index (χ0) is 21.1. The number of benzene rings is 1. The van der Waals surface area contributed by atoms with Crippen LogP contribution in [-0.2, 0) is 0 Å². The van der Waals surface area contributed by atoms with Crippen molar-refractivity contribution in [1.29, 1.82) is 5.26 Å². The van der Waals surface area contributed by atoms with E-state index in [1.54, 1.807) is 23.2 Å². The van der Waals surface area contributed by atoms with E-state index in [2.05, 4.69) is 15.6 Å². The van der Waals surface area contributed by atoms with Gasteiger partial charge in [0.25, 0.3) is 0 Å². The van der Waals surface area contributed by atoms with Gasteiger partial charge in [-0.1, -0.05) is 5.57 Å². The normalized spacial score (nSPS) is 15.4. The van der Waals surface area contributed by atoms with Gasteiger partial charge in [0.15, 0.2) is 0 Å². The van der Waals surface area contributed by atoms with Gasteiger partial charge in [0.2, 0.25) is 5.88 Å². The molecular weight excluding hydrogens is 392 g/mol. The highest BCUT2D eigenvalue weighted by Gasteiger charge is 2.22. The third-order valence-electron chi connectivity index (χ3n) is 5.05. The first-order chi connectivity index (χ1) is 14.5. The number of pyridine rings is 1. The van der Waals surface area contributed by atoms with Gasteiger partial charge in [0.05, 0.1) is 17.3 Å². The largest absolute Gasteiger partial charge is 0.474 e. The van der Waals surface area contributed by atoms with Crippen LogP contribution in [0.15, 0.2) is 30.0 Å². The van der Waals surface area contributed by atoms with Crippen LogP contribution in [0.1, 0.15) is 24.0 Å². The number of carbonyl (C=O) groups is 1. The predicted octanol–water partition coefficient (Wildman–Crippen LogP) is 3.75. The number of amides is 2. The molecule has 1 aromatic heterocycles. The summed E-state index contributed by atoms with van der Waals surface area (Å²) in [6, 6.07) is 5.21. The maximum atomic E-state index is 14.1. The fraction of sp³-hybridized carbons (Fsp3) is 0.286. The topological polar surface area (TPSA) is 90.3 Å². The molecule has 0 radical (unpaired) electrons. The van der Waals surface area contributed by atoms with Crippen LogP contribution in [0.3, 0.4) is 0 Å². The summed E-state index contributed by atoms with van der Waals surface area (Å²) >= 11 is 0. The Labute approximate surface area is 172 Å². The van der Waals surface area contributed by atoms with E-state index in [4.69, 9.17) is 10.00 Å². The number of likely N-dealkylation sites (tertiary alicyclic amines) is 1. The lowest BCUT2D eigenvalue weighted by Gasteiger charge is -2.29. The molecule has 0 atom stereocenters. The zero-order valence-corrected chi connectivity index (χ0v) is 16.0. The first kappa shape index (κ1) is 19.6. The summed E-state index contributed by atoms with van der Waals surface area (Å²) in [7, 11) is 0. The number of hydrogen-bond acceptors (Lipinski definition) is 5. The Bertz CT molecular complexity index is 1030. The Morgan fingerprint density at radius 1 is 1.30 bits per heavy atom. The van der Waals surface area contributed by atoms with E-state index in [9.17, 15) is 13.6 Å². The van der Waals surface area contributed by atoms with E-state index >= 15 is 0 Å². The average molecular weight is 411 g/mol. The molecule has 1 fully saturated rings. The van der Waals surface area contributed by atoms with Crippen LogP contribution in [0.5, 0.6) is 5.88 Å². The number of rotatable bonds is 2. The monoisotopic (exact) mass is 411 g/mol. The van der Waals surface area contributed by atoms with Gasteiger partial charge in [0.1, 0.15) is 23.9 Å². The summed E-state index contributed by atoms with van der Waals surface area (Å²) < 4.78 is 33.7. The number of aromatic nitrogens is 1. The summed E-state index contributed by atoms with van der Waals surface area (Å²) in [6.45, 7) is 1.99. The maximum Gasteiger partial charge on any atom is 0.321 e. The quantitative estimate of drug-likeness (QED) is 0.786. The number of nitrogens with one attached hydrogen (secondary N) is 2. The van der Waals surface area contributed by atoms with E-state index in [1.807, 2.05) is 0 Å². The minimum Gasteiger partial charge on any atom is -0.474 e. The molecule has 1 saturated heterocycles. The lowest BCUT2D eigenvalue weighted by atomic mass is 10.00. The fourth-order valence-electron chi connectivity index (χ4n) is 3.48. The molecule has 2 amide bonds. The second kappa shape index (κ2) is 8.37. The summed E-state index contributed by atoms with van der Waals surface area (Å²) in [4.78, 5) is 18.4. The van der Waals surface area contributed by atoms with Crippen molar-refractivity contribution in [1.82, 2.24) is 9.88 Å². The van der Waals surface area contributed by atoms with E-state index in [1.165, 1.54) is 6.08 Å². The lowest BCUT2D eigenvalue weighted by molar-refractivity contribution is 0.208. The minimum absolute atomic E-state index is 0.0585. The van der Waals surface area contributed by atoms with Crippen molar-refractivity contribution in [2.24, 2.45) is 0 Å². The van der Waals surface area contributed by atoms with Gasteiger partial charge in [0, 0.05) is 31.4 Å². The first-order valence-electron chi connectivity index (χ1n) is 9.55. The van der Waals surface area contributed by atoms with Gasteiger partial charge in [-0.15, -0.1) is 0 Å². The van der Waals surface area contributed by atoms with Crippen LogP contribution in [0, 0.1) is 23.0 Å². The number of ether oxygens (including phenoxy) is 1. The second-order valence-corrected chi connectivity index (χ2v) is 7.00. The molecule has 4 rings (SSSR count). The molecule has 0 bridgehead atoms. The number of piperidine rings is 1. The van der Waals surface area contributed by atoms with Crippen molar-refractivity contribution in [3.8, 4) is 11.9 Å². The molecule has 0 unspecified atom stereocenters. The fourth-order valence-corrected chi connectivity index (χ4v) is 3.48. The number of carbonyl (C=O) groups excluding carboxylic acids is 1. The molecular formula is C21H19F2N5O2. The molecule has 2 N–H and O–H groups in total. The molecule has 0 saturated carbocycles. The van der Waals surface area contributed by atoms with Gasteiger partial charge in [-0.2, -0.15) is 5.26 Å². The Morgan fingerprint density at radius 3 is 2.73 bits per heavy atom. The average Bonchev–Trinajstić information content (AvgIpc) is 2.76. The van der Waals surface area contributed by atoms with E-state index in [-0.39, 0.29) is 17.2 Å². The molecule has 7 nitrogen and oxygen atoms in total. The Balaban J connectivity index is 1.41. The summed E-state index contributed by atoms with van der Waals surface area (Å²) in [5, 5.41) is 14.8. The summed E-state index contributed by atoms with van der Waals surface area (Å²) in [6.07, 6.45) is 4.05. The molecule has 30 heavy (non-hydrogen) atoms. The SMILES string of the molecule is N#Cc1cc(F)c(C=C2CCN(C(=O)Nc3ccnc4c3NCCO4)CC2)c(F)c1. The van der Waals surface area contributed by atoms with Crippen molar-refractivity contribution in [3.05, 3.63) is 52.7 Å². The molecule has 0 spiro atoms. The highest BCUT2D eigenvalue weighted by Crippen LogP contribution is 2.32. The first-order valence-corrected chi connectivity index (χ1v) is 9.55. The number of nitrogens with zero attached hydrogens (tertiary/aromatic N) is 3. The van der Waals surface area contributed by atoms with Crippen molar-refractivity contribution in [2.75, 3.05) is 36.9 Å². The van der Waals surface area contributed by atoms with Gasteiger partial charge in [-0.3, -0.25) is 0 Å². The van der Waals surface area contributed by atoms with Crippen LogP contribution in [0.4, 0.5) is 25.0 Å². The molecule has 2 aliphatic heterocycles. The van der Waals surface area contributed by atoms with Crippen LogP contribution in [-0.4, -0.2) is 42.2 Å². The van der Waals surface area contributed by atoms with E-state index in [0.717, 1.165) is 17.7 Å². The van der Waals surface area contributed by atoms with Crippen LogP contribution in [0.2, 0.25) is 0 Å². The summed E-state index contributed by atoms with van der Waals surface area (Å²) in [5.74, 6) is -1.08. The number of nitriles is 1. The van der Waals surface area contributed by atoms with E-state index in [0.29, 0.717) is 56.3 Å². The molecule has 1 aromatic carbocycles. The molecule has 2 aliphatic rings. The van der Waals surface area contributed by atoms with Gasteiger partial charge < -0.3 is 20.3 Å². The second-order valence-electron chi connectivity index (χ2n) is 7.00. The molecule has 0 aliphatic carbocycles. The number of anilines is 2. The Kier molecular flexibility index (Phi) is 5.48. The maximum absolute atomic E-state index is 14.1. The highest BCUT2D eigenvalue weighted by molar-refractivity contribution is 5.94. The smallest absolute Gasteiger partial charge is 0.321 e. The number of urea groups is 1. The highest BCUT2D eigenvalue weighted by atomic mass is 19.1. The Hall–Kier alpha value is -3.67. The van der Waals surface area contributed by atoms with E-state index < -0.39 is 11.6 Å². The Morgan fingerprint density at radius 2 is 2.03 bits per heavy atom. The van der Waals surface area contributed by atoms with Crippen molar-refractivity contribution < 1.29 is 18.3 Å². The van der Waals surface area contributed by atoms with Crippen molar-refractivity contribution in [3.63, 3.8) is 0 Å². The van der Waals surface area contributed by atoms with Crippen LogP contribution in [0.25, 0.3) is 6.08 Å². The number of hydrogen-bond donors (Lipinski definition) is 2. The van der Waals surface area contributed by atoms with Crippen LogP contribution >= 0.6 is 0 Å². The summed E-state index contributed by atoms with van der Waals surface area (Å²) in [5.41, 5.74) is 1.88. The standard InChI is InChI=1S/C21H19F2N5O2/c22-16-10-14(12-24)11-17(23)15(16)9-13-2-6-28(7-3-13)21(29)27-18-1-4-26-20-19(18)25-5-8-30-20/h1,4,9-11,25H,2-3,5-8H2,(H,26,27,29). The van der Waals surface area contributed by atoms with Gasteiger partial charge >= 0.3 is 6.03 Å². The van der Waals surface area contributed by atoms with Gasteiger partial charge in [-0.25, -0.2) is 18.6 Å². The minimum atomic E-state index is -0.767. The molecule has 9 heteroatoms. The molecule has 154 valence electrons. The lowest BCUT2D eigenvalue weighted by Crippen LogP contribution is -2.39. The number of halogens is 2. The van der Waals surface area contributed by atoms with Crippen molar-refractivity contribution >= 4 is 23.5 Å². The molecule has 2 aromatic rings. The third kappa shape index (κ3) is 4.03. The van der Waals surface area contributed by atoms with Crippen molar-refractivity contribution in [2.45, 2.75) is 12.8 Å². The van der Waals surface area contributed by atoms with Gasteiger partial charge in [-0.05, 0) is 37.1 Å². The predicted molar refractivity (Wildman–Crippen MR) is 107 cm³/mol. The number of fused-ring (bicyclic) bond motifs is 1. The van der Waals surface area contributed by atoms with Crippen LogP contribution < -0.4 is 15.4 Å². The third-order valence-corrected chi connectivity index (χ3v) is 5.05. The zero-order valence-electron chi connectivity index (χ0n) is 16.0. The molecule has 3 heterocycles.